The van der Waals surface area contributed by atoms with Crippen LogP contribution in [0.5, 0.6) is 0 Å². The van der Waals surface area contributed by atoms with Gasteiger partial charge < -0.3 is 35.3 Å². The molecule has 386 valence electrons. The minimum absolute atomic E-state index is 0.0630. The van der Waals surface area contributed by atoms with E-state index in [-0.39, 0.29) is 30.5 Å². The molecule has 2 unspecified atom stereocenters. The number of halogens is 2. The number of allylic oxidation sites excluding steroid dienone is 1. The zero-order valence-electron chi connectivity index (χ0n) is 42.5. The smallest absolute Gasteiger partial charge is 0.407 e. The van der Waals surface area contributed by atoms with E-state index in [4.69, 9.17) is 24.9 Å². The first-order chi connectivity index (χ1) is 33.6. The van der Waals surface area contributed by atoms with Crippen molar-refractivity contribution in [2.45, 2.75) is 110 Å². The molecule has 3 aromatic rings. The summed E-state index contributed by atoms with van der Waals surface area (Å²) < 4.78 is 47.2. The molecule has 0 saturated carbocycles. The van der Waals surface area contributed by atoms with Crippen molar-refractivity contribution in [3.63, 3.8) is 0 Å². The number of esters is 1. The Kier molecular flexibility index (Phi) is 18.1. The molecule has 2 amide bonds. The van der Waals surface area contributed by atoms with E-state index in [9.17, 15) is 24.3 Å². The fourth-order valence-corrected chi connectivity index (χ4v) is 9.83. The van der Waals surface area contributed by atoms with Crippen LogP contribution in [0.3, 0.4) is 0 Å². The maximum absolute atomic E-state index is 16.0. The number of rotatable bonds is 20. The van der Waals surface area contributed by atoms with Crippen molar-refractivity contribution in [3.05, 3.63) is 89.1 Å². The molecule has 4 heterocycles. The van der Waals surface area contributed by atoms with Gasteiger partial charge in [-0.1, -0.05) is 65.8 Å². The Hall–Kier alpha value is -5.82. The molecule has 3 saturated heterocycles. The van der Waals surface area contributed by atoms with Crippen LogP contribution in [0.25, 0.3) is 16.8 Å². The number of ketones is 1. The number of Topliss-reactive ketones (excluding diaryl/α,β-unsaturated/α-hetero) is 1. The van der Waals surface area contributed by atoms with Crippen LogP contribution in [0.1, 0.15) is 83.9 Å². The number of aromatic nitrogens is 1. The highest BCUT2D eigenvalue weighted by Crippen LogP contribution is 2.36. The number of carbonyl (C=O) groups excluding carboxylic acids is 4. The van der Waals surface area contributed by atoms with Crippen molar-refractivity contribution in [2.24, 2.45) is 33.4 Å². The fourth-order valence-electron chi connectivity index (χ4n) is 9.83. The van der Waals surface area contributed by atoms with Crippen LogP contribution >= 0.6 is 0 Å². The summed E-state index contributed by atoms with van der Waals surface area (Å²) in [5.74, 6) is -4.51. The second kappa shape index (κ2) is 23.6. The number of benzene rings is 2. The minimum Gasteiger partial charge on any atom is -0.469 e. The van der Waals surface area contributed by atoms with Gasteiger partial charge in [0.2, 0.25) is 5.91 Å². The lowest BCUT2D eigenvalue weighted by atomic mass is 9.78. The zero-order valence-corrected chi connectivity index (χ0v) is 42.5. The number of piperazine rings is 1. The molecule has 6 rings (SSSR count). The third kappa shape index (κ3) is 14.0. The predicted octanol–water partition coefficient (Wildman–Crippen LogP) is 6.09. The number of hydrogen-bond acceptors (Lipinski definition) is 14. The molecule has 2 aromatic carbocycles. The highest BCUT2D eigenvalue weighted by Gasteiger charge is 2.45. The van der Waals surface area contributed by atoms with Crippen molar-refractivity contribution in [3.8, 4) is 11.1 Å². The summed E-state index contributed by atoms with van der Waals surface area (Å²) >= 11 is 0. The molecule has 3 aliphatic heterocycles. The van der Waals surface area contributed by atoms with Crippen LogP contribution in [0.4, 0.5) is 19.4 Å². The standard InChI is InChI=1S/C53H72F2N8O8/c1-52(2,3)41(24-48(66)69-8)50(67)60-62(28-40-42(54)21-35(22-43(40)55)44(56)18-19-57-7)29-46(65)36(23-45(64)49(53(4,5)6)59-51(68)70-9)20-32-10-12-33(13-11-32)34-14-17-47(58-25-34)61-26-37-15-16-38(27-61)63(37)39-30-71-31-39/h10-14,17-19,21-22,25,36-39,41,46,49,65H,15-16,20,23-24,26-31,56H2,1-9H3,(H,59,68)(H,60,67)/t36-,37?,38?,41-,46+,49-/m1/s1. The Morgan fingerprint density at radius 1 is 0.930 bits per heavy atom. The first-order valence-corrected chi connectivity index (χ1v) is 24.3. The summed E-state index contributed by atoms with van der Waals surface area (Å²) in [6.45, 7) is 13.2. The number of anilines is 1. The van der Waals surface area contributed by atoms with Gasteiger partial charge in [0.25, 0.3) is 0 Å². The van der Waals surface area contributed by atoms with Gasteiger partial charge in [-0.3, -0.25) is 29.7 Å². The maximum atomic E-state index is 16.0. The lowest BCUT2D eigenvalue weighted by Gasteiger charge is -2.48. The van der Waals surface area contributed by atoms with E-state index < -0.39 is 88.9 Å². The molecule has 5 N–H and O–H groups in total. The molecule has 0 aliphatic carbocycles. The van der Waals surface area contributed by atoms with Crippen molar-refractivity contribution < 1.29 is 47.3 Å². The van der Waals surface area contributed by atoms with Crippen molar-refractivity contribution in [1.29, 1.82) is 0 Å². The largest absolute Gasteiger partial charge is 0.469 e. The molecule has 3 fully saturated rings. The molecule has 18 heteroatoms. The fraction of sp³-hybridized carbons (Fsp3) is 0.547. The van der Waals surface area contributed by atoms with E-state index in [2.05, 4.69) is 37.7 Å². The molecular formula is C53H72F2N8O8. The summed E-state index contributed by atoms with van der Waals surface area (Å²) in [5.41, 5.74) is 9.54. The number of aliphatic imine (C=N–C) groups is 1. The van der Waals surface area contributed by atoms with Gasteiger partial charge in [0.1, 0.15) is 17.5 Å². The lowest BCUT2D eigenvalue weighted by molar-refractivity contribution is -0.148. The van der Waals surface area contributed by atoms with Crippen molar-refractivity contribution in [1.82, 2.24) is 25.6 Å². The Balaban J connectivity index is 1.27. The van der Waals surface area contributed by atoms with E-state index in [1.54, 1.807) is 41.5 Å². The van der Waals surface area contributed by atoms with Crippen LogP contribution < -0.4 is 21.4 Å². The zero-order chi connectivity index (χ0) is 51.8. The van der Waals surface area contributed by atoms with Gasteiger partial charge in [-0.15, -0.1) is 0 Å². The monoisotopic (exact) mass is 987 g/mol. The molecular weight excluding hydrogens is 915 g/mol. The van der Waals surface area contributed by atoms with Crippen LogP contribution in [0.15, 0.2) is 65.8 Å². The third-order valence-corrected chi connectivity index (χ3v) is 13.9. The summed E-state index contributed by atoms with van der Waals surface area (Å²) in [5, 5.41) is 16.1. The van der Waals surface area contributed by atoms with Gasteiger partial charge in [-0.2, -0.15) is 0 Å². The highest BCUT2D eigenvalue weighted by molar-refractivity contribution is 5.88. The first-order valence-electron chi connectivity index (χ1n) is 24.3. The summed E-state index contributed by atoms with van der Waals surface area (Å²) in [6, 6.07) is 14.4. The van der Waals surface area contributed by atoms with Gasteiger partial charge in [-0.05, 0) is 77.5 Å². The van der Waals surface area contributed by atoms with E-state index in [1.807, 2.05) is 30.5 Å². The molecule has 0 spiro atoms. The van der Waals surface area contributed by atoms with Crippen molar-refractivity contribution in [2.75, 3.05) is 59.0 Å². The van der Waals surface area contributed by atoms with E-state index >= 15 is 8.78 Å². The average molecular weight is 987 g/mol. The van der Waals surface area contributed by atoms with Gasteiger partial charge in [0, 0.05) is 86.5 Å². The van der Waals surface area contributed by atoms with Crippen LogP contribution in [0.2, 0.25) is 0 Å². The SMILES string of the molecule is CN=CC=C(N)c1cc(F)c(CN(C[C@H](O)[C@@H](CC(=O)[C@@H](NC(=O)OC)C(C)(C)C)Cc2ccc(-c3ccc(N4CC5CCC(C4)N5C4COC4)nc3)cc2)NC(=O)[C@@H](CC(=O)OC)C(C)(C)C)c(F)c1. The van der Waals surface area contributed by atoms with Crippen LogP contribution in [-0.4, -0.2) is 134 Å². The van der Waals surface area contributed by atoms with Crippen LogP contribution in [0, 0.1) is 34.3 Å². The number of carbonyl (C=O) groups is 4. The highest BCUT2D eigenvalue weighted by atomic mass is 19.1. The summed E-state index contributed by atoms with van der Waals surface area (Å²) in [6.07, 6.45) is 4.41. The summed E-state index contributed by atoms with van der Waals surface area (Å²) in [7, 11) is 3.93. The van der Waals surface area contributed by atoms with E-state index in [0.29, 0.717) is 18.1 Å². The Morgan fingerprint density at radius 2 is 1.56 bits per heavy atom. The number of hydrazine groups is 1. The predicted molar refractivity (Wildman–Crippen MR) is 268 cm³/mol. The number of pyridine rings is 1. The Labute approximate surface area is 416 Å². The molecule has 71 heavy (non-hydrogen) atoms. The lowest BCUT2D eigenvalue weighted by Crippen LogP contribution is -2.62. The normalized spacial score (nSPS) is 19.5. The first kappa shape index (κ1) is 54.5. The Bertz CT molecular complexity index is 2360. The second-order valence-electron chi connectivity index (χ2n) is 21.2. The molecule has 2 bridgehead atoms. The minimum atomic E-state index is -1.42. The molecule has 0 radical (unpaired) electrons. The van der Waals surface area contributed by atoms with Crippen molar-refractivity contribution >= 4 is 41.5 Å². The number of aliphatic hydroxyl groups excluding tert-OH is 1. The number of nitrogens with one attached hydrogen (secondary N) is 2. The number of aliphatic hydroxyl groups is 1. The third-order valence-electron chi connectivity index (χ3n) is 13.9. The topological polar surface area (TPSA) is 201 Å². The Morgan fingerprint density at radius 3 is 2.08 bits per heavy atom. The number of nitrogens with zero attached hydrogens (tertiary/aromatic N) is 5. The number of methoxy groups -OCH3 is 2. The molecule has 6 atom stereocenters. The average Bonchev–Trinajstić information content (AvgIpc) is 3.53. The molecule has 3 aliphatic rings. The number of hydrogen-bond donors (Lipinski definition) is 4. The van der Waals surface area contributed by atoms with Gasteiger partial charge in [0.15, 0.2) is 5.78 Å². The number of alkyl carbamates (subject to hydrolysis) is 1. The van der Waals surface area contributed by atoms with Gasteiger partial charge >= 0.3 is 12.1 Å². The maximum Gasteiger partial charge on any atom is 0.407 e. The van der Waals surface area contributed by atoms with Gasteiger partial charge in [0.05, 0.1) is 58.0 Å². The molecule has 1 aromatic heterocycles. The summed E-state index contributed by atoms with van der Waals surface area (Å²) in [4.78, 5) is 67.2. The quantitative estimate of drug-likeness (QED) is 0.0577. The molecule has 16 nitrogen and oxygen atoms in total. The van der Waals surface area contributed by atoms with Crippen LogP contribution in [-0.2, 0) is 41.6 Å². The number of amides is 2. The number of ether oxygens (including phenoxy) is 3. The number of nitrogens with two attached hydrogens (primary N) is 1. The second-order valence-corrected chi connectivity index (χ2v) is 21.2. The van der Waals surface area contributed by atoms with Gasteiger partial charge in [-0.25, -0.2) is 23.6 Å². The number of fused-ring (bicyclic) bond motifs is 2. The van der Waals surface area contributed by atoms with E-state index in [1.165, 1.54) is 51.4 Å². The van der Waals surface area contributed by atoms with E-state index in [0.717, 1.165) is 60.9 Å².